The van der Waals surface area contributed by atoms with Gasteiger partial charge in [0.2, 0.25) is 5.88 Å². The number of carbonyl (C=O) groups is 1. The average molecular weight is 469 g/mol. The van der Waals surface area contributed by atoms with Crippen LogP contribution in [0.2, 0.25) is 0 Å². The molecule has 1 amide bonds. The Hall–Kier alpha value is -3.53. The normalized spacial score (nSPS) is 15.0. The van der Waals surface area contributed by atoms with Gasteiger partial charge < -0.3 is 19.5 Å². The number of rotatable bonds is 5. The molecule has 1 aliphatic rings. The number of hydrogen-bond donors (Lipinski definition) is 1. The van der Waals surface area contributed by atoms with Gasteiger partial charge in [-0.05, 0) is 31.5 Å². The number of halogens is 1. The molecule has 1 N–H and O–H groups in total. The van der Waals surface area contributed by atoms with E-state index < -0.39 is 18.0 Å². The van der Waals surface area contributed by atoms with Crippen molar-refractivity contribution in [3.63, 3.8) is 0 Å². The molecule has 0 fully saturated rings. The molecular weight excluding hydrogens is 447 g/mol. The highest BCUT2D eigenvalue weighted by Crippen LogP contribution is 2.43. The van der Waals surface area contributed by atoms with Crippen LogP contribution in [-0.4, -0.2) is 57.4 Å². The van der Waals surface area contributed by atoms with E-state index in [2.05, 4.69) is 9.97 Å². The van der Waals surface area contributed by atoms with Crippen molar-refractivity contribution >= 4 is 38.7 Å². The zero-order chi connectivity index (χ0) is 23.3. The topological polar surface area (TPSA) is 97.7 Å². The first-order valence-electron chi connectivity index (χ1n) is 10.5. The van der Waals surface area contributed by atoms with E-state index in [1.54, 1.807) is 20.2 Å². The van der Waals surface area contributed by atoms with Crippen LogP contribution < -0.4 is 9.47 Å². The summed E-state index contributed by atoms with van der Waals surface area (Å²) in [6.45, 7) is 4.23. The molecule has 1 aliphatic heterocycles. The van der Waals surface area contributed by atoms with Crippen LogP contribution in [0.1, 0.15) is 18.1 Å². The molecule has 2 aromatic carbocycles. The Labute approximate surface area is 192 Å². The van der Waals surface area contributed by atoms with E-state index in [9.17, 15) is 14.3 Å². The highest BCUT2D eigenvalue weighted by atomic mass is 32.1. The van der Waals surface area contributed by atoms with Crippen molar-refractivity contribution in [1.82, 2.24) is 19.9 Å². The zero-order valence-corrected chi connectivity index (χ0v) is 19.1. The fourth-order valence-electron chi connectivity index (χ4n) is 4.14. The highest BCUT2D eigenvalue weighted by Gasteiger charge is 2.32. The molecule has 0 saturated heterocycles. The maximum absolute atomic E-state index is 14.9. The van der Waals surface area contributed by atoms with Crippen LogP contribution in [0.3, 0.4) is 0 Å². The number of methoxy groups -OCH3 is 1. The summed E-state index contributed by atoms with van der Waals surface area (Å²) in [6.07, 6.45) is 0.513. The first-order valence-corrected chi connectivity index (χ1v) is 11.3. The Morgan fingerprint density at radius 1 is 1.33 bits per heavy atom. The van der Waals surface area contributed by atoms with E-state index in [0.717, 1.165) is 21.4 Å². The Kier molecular flexibility index (Phi) is 5.24. The standard InChI is InChI=1S/C23H21FN4O4S/c1-4-28(23(29)30)10-12-7-14-20(32-12)15(24)8-17-21(14)33-22(27-17)13-5-11(2)6-16-19(13)25-9-18(26-16)31-3/h5-6,8-9,12H,4,7,10H2,1-3H3,(H,29,30)/t12-/m0/s1. The van der Waals surface area contributed by atoms with Gasteiger partial charge in [0.05, 0.1) is 41.1 Å². The van der Waals surface area contributed by atoms with Gasteiger partial charge in [0, 0.05) is 30.2 Å². The quantitative estimate of drug-likeness (QED) is 0.455. The average Bonchev–Trinajstić information content (AvgIpc) is 3.40. The van der Waals surface area contributed by atoms with Gasteiger partial charge >= 0.3 is 6.09 Å². The molecule has 0 spiro atoms. The van der Waals surface area contributed by atoms with Crippen LogP contribution in [0.5, 0.6) is 11.6 Å². The van der Waals surface area contributed by atoms with E-state index >= 15 is 0 Å². The maximum Gasteiger partial charge on any atom is 0.407 e. The summed E-state index contributed by atoms with van der Waals surface area (Å²) in [5, 5.41) is 10.0. The third-order valence-corrected chi connectivity index (χ3v) is 6.85. The number of benzene rings is 2. The van der Waals surface area contributed by atoms with Gasteiger partial charge in [0.25, 0.3) is 0 Å². The van der Waals surface area contributed by atoms with Gasteiger partial charge in [0.15, 0.2) is 11.6 Å². The first kappa shape index (κ1) is 21.3. The van der Waals surface area contributed by atoms with Crippen molar-refractivity contribution in [2.24, 2.45) is 0 Å². The van der Waals surface area contributed by atoms with Crippen LogP contribution in [0, 0.1) is 12.7 Å². The minimum Gasteiger partial charge on any atom is -0.485 e. The molecule has 0 bridgehead atoms. The fourth-order valence-corrected chi connectivity index (χ4v) is 5.25. The number of fused-ring (bicyclic) bond motifs is 4. The molecule has 0 aliphatic carbocycles. The number of hydrogen-bond acceptors (Lipinski definition) is 7. The summed E-state index contributed by atoms with van der Waals surface area (Å²) in [7, 11) is 1.54. The maximum atomic E-state index is 14.9. The monoisotopic (exact) mass is 468 g/mol. The van der Waals surface area contributed by atoms with Crippen molar-refractivity contribution in [1.29, 1.82) is 0 Å². The Morgan fingerprint density at radius 2 is 2.15 bits per heavy atom. The molecule has 33 heavy (non-hydrogen) atoms. The van der Waals surface area contributed by atoms with Crippen molar-refractivity contribution in [2.45, 2.75) is 26.4 Å². The van der Waals surface area contributed by atoms with Crippen molar-refractivity contribution in [2.75, 3.05) is 20.2 Å². The lowest BCUT2D eigenvalue weighted by Gasteiger charge is -2.20. The minimum absolute atomic E-state index is 0.174. The predicted octanol–water partition coefficient (Wildman–Crippen LogP) is 4.67. The van der Waals surface area contributed by atoms with E-state index in [1.165, 1.54) is 22.3 Å². The molecule has 0 radical (unpaired) electrons. The lowest BCUT2D eigenvalue weighted by Crippen LogP contribution is -2.38. The van der Waals surface area contributed by atoms with Crippen LogP contribution >= 0.6 is 11.3 Å². The third-order valence-electron chi connectivity index (χ3n) is 5.68. The minimum atomic E-state index is -1.02. The Balaban J connectivity index is 1.58. The second-order valence-electron chi connectivity index (χ2n) is 7.89. The van der Waals surface area contributed by atoms with Crippen LogP contribution in [0.25, 0.3) is 31.8 Å². The molecule has 5 rings (SSSR count). The summed E-state index contributed by atoms with van der Waals surface area (Å²) < 4.78 is 26.7. The van der Waals surface area contributed by atoms with Gasteiger partial charge in [-0.1, -0.05) is 0 Å². The van der Waals surface area contributed by atoms with Gasteiger partial charge in [0.1, 0.15) is 11.1 Å². The van der Waals surface area contributed by atoms with Crippen molar-refractivity contribution in [3.05, 3.63) is 41.3 Å². The summed E-state index contributed by atoms with van der Waals surface area (Å²) in [5.41, 5.74) is 4.45. The summed E-state index contributed by atoms with van der Waals surface area (Å²) in [5.74, 6) is 0.116. The number of carboxylic acid groups (broad SMARTS) is 1. The number of amides is 1. The number of thiazole rings is 1. The lowest BCUT2D eigenvalue weighted by atomic mass is 10.1. The predicted molar refractivity (Wildman–Crippen MR) is 123 cm³/mol. The smallest absolute Gasteiger partial charge is 0.407 e. The van der Waals surface area contributed by atoms with Crippen LogP contribution in [0.15, 0.2) is 24.4 Å². The van der Waals surface area contributed by atoms with Gasteiger partial charge in [-0.25, -0.2) is 24.1 Å². The fraction of sp³-hybridized carbons (Fsp3) is 0.304. The van der Waals surface area contributed by atoms with Crippen molar-refractivity contribution in [3.8, 4) is 22.2 Å². The molecule has 0 saturated carbocycles. The SMILES string of the molecule is CCN(C[C@@H]1Cc2c(c(F)cc3nc(-c4cc(C)cc5nc(OC)cnc45)sc23)O1)C(=O)O. The van der Waals surface area contributed by atoms with Gasteiger partial charge in [-0.15, -0.1) is 11.3 Å². The number of aryl methyl sites for hydroxylation is 1. The molecule has 0 unspecified atom stereocenters. The van der Waals surface area contributed by atoms with E-state index in [-0.39, 0.29) is 12.3 Å². The second-order valence-corrected chi connectivity index (χ2v) is 8.89. The molecule has 8 nitrogen and oxygen atoms in total. The summed E-state index contributed by atoms with van der Waals surface area (Å²) in [4.78, 5) is 26.3. The van der Waals surface area contributed by atoms with E-state index in [1.807, 2.05) is 19.1 Å². The highest BCUT2D eigenvalue weighted by molar-refractivity contribution is 7.22. The summed E-state index contributed by atoms with van der Waals surface area (Å²) >= 11 is 1.44. The number of nitrogens with zero attached hydrogens (tertiary/aromatic N) is 4. The third kappa shape index (κ3) is 3.70. The number of aromatic nitrogens is 3. The number of likely N-dealkylation sites (N-methyl/N-ethyl adjacent to an activating group) is 1. The van der Waals surface area contributed by atoms with Crippen LogP contribution in [0.4, 0.5) is 9.18 Å². The van der Waals surface area contributed by atoms with Crippen LogP contribution in [-0.2, 0) is 6.42 Å². The van der Waals surface area contributed by atoms with Gasteiger partial charge in [-0.3, -0.25) is 0 Å². The first-order chi connectivity index (χ1) is 15.9. The molecule has 1 atom stereocenters. The van der Waals surface area contributed by atoms with E-state index in [4.69, 9.17) is 14.5 Å². The molecule has 2 aromatic heterocycles. The lowest BCUT2D eigenvalue weighted by molar-refractivity contribution is 0.118. The zero-order valence-electron chi connectivity index (χ0n) is 18.3. The Morgan fingerprint density at radius 3 is 2.88 bits per heavy atom. The molecule has 170 valence electrons. The molecule has 3 heterocycles. The molecule has 10 heteroatoms. The summed E-state index contributed by atoms with van der Waals surface area (Å²) in [6, 6.07) is 5.29. The van der Waals surface area contributed by atoms with Crippen molar-refractivity contribution < 1.29 is 23.8 Å². The number of ether oxygens (including phenoxy) is 2. The Bertz CT molecular complexity index is 1410. The van der Waals surface area contributed by atoms with Gasteiger partial charge in [-0.2, -0.15) is 0 Å². The van der Waals surface area contributed by atoms with E-state index in [0.29, 0.717) is 40.4 Å². The second kappa shape index (κ2) is 8.11. The molecular formula is C23H21FN4O4S. The molecule has 4 aromatic rings. The largest absolute Gasteiger partial charge is 0.485 e.